The number of hydrogen-bond acceptors (Lipinski definition) is 5. The molecule has 7 nitrogen and oxygen atoms in total. The Hall–Kier alpha value is -2.84. The number of furan rings is 1. The molecule has 3 aromatic rings. The molecule has 8 heteroatoms. The van der Waals surface area contributed by atoms with Gasteiger partial charge in [0.1, 0.15) is 0 Å². The Balaban J connectivity index is 1.28. The summed E-state index contributed by atoms with van der Waals surface area (Å²) in [4.78, 5) is 15.4. The van der Waals surface area contributed by atoms with Crippen LogP contribution in [0.1, 0.15) is 40.9 Å². The molecular formula is C26H30N2O5S. The van der Waals surface area contributed by atoms with Gasteiger partial charge in [0, 0.05) is 31.6 Å². The summed E-state index contributed by atoms with van der Waals surface area (Å²) in [5.41, 5.74) is 2.23. The largest absolute Gasteiger partial charge is 0.493 e. The summed E-state index contributed by atoms with van der Waals surface area (Å²) in [6.07, 6.45) is 2.36. The van der Waals surface area contributed by atoms with Gasteiger partial charge < -0.3 is 14.1 Å². The van der Waals surface area contributed by atoms with E-state index >= 15 is 0 Å². The molecule has 3 heterocycles. The molecule has 0 unspecified atom stereocenters. The van der Waals surface area contributed by atoms with Crippen LogP contribution in [0.4, 0.5) is 0 Å². The number of likely N-dealkylation sites (tertiary alicyclic amines) is 1. The number of aryl methyl sites for hydroxylation is 2. The lowest BCUT2D eigenvalue weighted by atomic mass is 9.78. The molecule has 2 saturated heterocycles. The molecule has 180 valence electrons. The number of fused-ring (bicyclic) bond motifs is 1. The van der Waals surface area contributed by atoms with Crippen molar-refractivity contribution in [2.75, 3.05) is 33.3 Å². The van der Waals surface area contributed by atoms with Crippen LogP contribution in [0, 0.1) is 19.3 Å². The van der Waals surface area contributed by atoms with Crippen molar-refractivity contribution in [3.05, 3.63) is 59.4 Å². The first-order chi connectivity index (χ1) is 16.2. The zero-order valence-corrected chi connectivity index (χ0v) is 20.7. The van der Waals surface area contributed by atoms with E-state index in [1.54, 1.807) is 23.5 Å². The van der Waals surface area contributed by atoms with Gasteiger partial charge in [0.15, 0.2) is 17.1 Å². The fraction of sp³-hybridized carbons (Fsp3) is 0.423. The number of amides is 1. The summed E-state index contributed by atoms with van der Waals surface area (Å²) < 4.78 is 39.4. The van der Waals surface area contributed by atoms with Gasteiger partial charge in [-0.05, 0) is 67.9 Å². The van der Waals surface area contributed by atoms with Crippen LogP contribution in [0.3, 0.4) is 0 Å². The number of ether oxygens (including phenoxy) is 1. The van der Waals surface area contributed by atoms with E-state index in [9.17, 15) is 13.2 Å². The lowest BCUT2D eigenvalue weighted by molar-refractivity contribution is 0.0722. The predicted molar refractivity (Wildman–Crippen MR) is 130 cm³/mol. The lowest BCUT2D eigenvalue weighted by Crippen LogP contribution is -2.44. The van der Waals surface area contributed by atoms with Gasteiger partial charge >= 0.3 is 0 Å². The maximum Gasteiger partial charge on any atom is 0.289 e. The van der Waals surface area contributed by atoms with E-state index in [0.717, 1.165) is 35.8 Å². The number of hydrogen-bond donors (Lipinski definition) is 0. The van der Waals surface area contributed by atoms with Crippen molar-refractivity contribution in [2.24, 2.45) is 5.41 Å². The third-order valence-electron chi connectivity index (χ3n) is 7.41. The van der Waals surface area contributed by atoms with E-state index in [0.29, 0.717) is 48.2 Å². The standard InChI is InChI=1S/C26H30N2O5S/c1-18-7-8-19(2)23(15-18)34(30,31)28-13-10-26(11-14-28)9-12-27(17-26)25(29)22-16-20-5-4-6-21(32-3)24(20)33-22/h4-8,15-16H,9-14,17H2,1-3H3. The fourth-order valence-corrected chi connectivity index (χ4v) is 7.05. The average molecular weight is 483 g/mol. The molecule has 2 fully saturated rings. The lowest BCUT2D eigenvalue weighted by Gasteiger charge is -2.38. The van der Waals surface area contributed by atoms with Crippen molar-refractivity contribution in [2.45, 2.75) is 38.0 Å². The predicted octanol–water partition coefficient (Wildman–Crippen LogP) is 4.38. The molecule has 0 aliphatic carbocycles. The van der Waals surface area contributed by atoms with Gasteiger partial charge in [0.05, 0.1) is 12.0 Å². The van der Waals surface area contributed by atoms with Crippen LogP contribution < -0.4 is 4.74 Å². The molecular weight excluding hydrogens is 452 g/mol. The fourth-order valence-electron chi connectivity index (χ4n) is 5.30. The van der Waals surface area contributed by atoms with E-state index < -0.39 is 10.0 Å². The minimum absolute atomic E-state index is 0.0486. The van der Waals surface area contributed by atoms with Gasteiger partial charge in [-0.3, -0.25) is 4.79 Å². The van der Waals surface area contributed by atoms with E-state index in [1.807, 2.05) is 49.1 Å². The van der Waals surface area contributed by atoms with E-state index in [4.69, 9.17) is 9.15 Å². The minimum atomic E-state index is -3.53. The number of methoxy groups -OCH3 is 1. The summed E-state index contributed by atoms with van der Waals surface area (Å²) in [6, 6.07) is 12.9. The van der Waals surface area contributed by atoms with E-state index in [1.165, 1.54) is 0 Å². The molecule has 0 bridgehead atoms. The molecule has 34 heavy (non-hydrogen) atoms. The first-order valence-electron chi connectivity index (χ1n) is 11.7. The van der Waals surface area contributed by atoms with Gasteiger partial charge in [0.25, 0.3) is 5.91 Å². The van der Waals surface area contributed by atoms with Crippen LogP contribution >= 0.6 is 0 Å². The number of carbonyl (C=O) groups excluding carboxylic acids is 1. The Labute approximate surface area is 200 Å². The summed E-state index contributed by atoms with van der Waals surface area (Å²) in [6.45, 7) is 5.96. The smallest absolute Gasteiger partial charge is 0.289 e. The molecule has 2 aromatic carbocycles. The summed E-state index contributed by atoms with van der Waals surface area (Å²) in [5, 5.41) is 0.835. The maximum absolute atomic E-state index is 13.3. The Morgan fingerprint density at radius 2 is 1.76 bits per heavy atom. The molecule has 2 aliphatic heterocycles. The molecule has 2 aliphatic rings. The second-order valence-corrected chi connectivity index (χ2v) is 11.5. The minimum Gasteiger partial charge on any atom is -0.493 e. The molecule has 0 atom stereocenters. The summed E-state index contributed by atoms with van der Waals surface area (Å²) in [7, 11) is -1.95. The zero-order chi connectivity index (χ0) is 24.1. The highest BCUT2D eigenvalue weighted by Crippen LogP contribution is 2.42. The van der Waals surface area contributed by atoms with Gasteiger partial charge in [-0.2, -0.15) is 4.31 Å². The van der Waals surface area contributed by atoms with Gasteiger partial charge in [0.2, 0.25) is 10.0 Å². The van der Waals surface area contributed by atoms with Crippen molar-refractivity contribution in [3.63, 3.8) is 0 Å². The summed E-state index contributed by atoms with van der Waals surface area (Å²) >= 11 is 0. The van der Waals surface area contributed by atoms with Crippen LogP contribution in [0.25, 0.3) is 11.0 Å². The quantitative estimate of drug-likeness (QED) is 0.552. The molecule has 0 saturated carbocycles. The van der Waals surface area contributed by atoms with Crippen molar-refractivity contribution in [1.29, 1.82) is 0 Å². The maximum atomic E-state index is 13.3. The van der Waals surface area contributed by atoms with Crippen molar-refractivity contribution >= 4 is 26.9 Å². The average Bonchev–Trinajstić information content (AvgIpc) is 3.45. The normalized spacial score (nSPS) is 18.6. The molecule has 0 N–H and O–H groups in total. The van der Waals surface area contributed by atoms with Crippen LogP contribution in [-0.4, -0.2) is 56.8 Å². The number of carbonyl (C=O) groups is 1. The van der Waals surface area contributed by atoms with Gasteiger partial charge in [-0.25, -0.2) is 8.42 Å². The summed E-state index contributed by atoms with van der Waals surface area (Å²) in [5.74, 6) is 0.791. The number of benzene rings is 2. The highest BCUT2D eigenvalue weighted by Gasteiger charge is 2.44. The zero-order valence-electron chi connectivity index (χ0n) is 19.8. The Morgan fingerprint density at radius 1 is 1.03 bits per heavy atom. The Kier molecular flexibility index (Phi) is 5.68. The Bertz CT molecular complexity index is 1350. The van der Waals surface area contributed by atoms with Crippen molar-refractivity contribution in [3.8, 4) is 5.75 Å². The van der Waals surface area contributed by atoms with Crippen LogP contribution in [0.15, 0.2) is 51.8 Å². The SMILES string of the molecule is COc1cccc2cc(C(=O)N3CCC4(CCN(S(=O)(=O)c5cc(C)ccc5C)CC4)C3)oc12. The van der Waals surface area contributed by atoms with E-state index in [-0.39, 0.29) is 11.3 Å². The number of nitrogens with zero attached hydrogens (tertiary/aromatic N) is 2. The topological polar surface area (TPSA) is 80.1 Å². The monoisotopic (exact) mass is 482 g/mol. The first-order valence-corrected chi connectivity index (χ1v) is 13.1. The molecule has 0 radical (unpaired) electrons. The van der Waals surface area contributed by atoms with Gasteiger partial charge in [-0.15, -0.1) is 0 Å². The Morgan fingerprint density at radius 3 is 2.50 bits per heavy atom. The molecule has 1 amide bonds. The van der Waals surface area contributed by atoms with Crippen molar-refractivity contribution < 1.29 is 22.4 Å². The molecule has 1 spiro atoms. The number of rotatable bonds is 4. The second kappa shape index (κ2) is 8.43. The highest BCUT2D eigenvalue weighted by atomic mass is 32.2. The van der Waals surface area contributed by atoms with Gasteiger partial charge in [-0.1, -0.05) is 24.3 Å². The number of sulfonamides is 1. The second-order valence-electron chi connectivity index (χ2n) is 9.64. The molecule has 1 aromatic heterocycles. The third-order valence-corrected chi connectivity index (χ3v) is 9.45. The molecule has 5 rings (SSSR count). The van der Waals surface area contributed by atoms with Crippen LogP contribution in [-0.2, 0) is 10.0 Å². The van der Waals surface area contributed by atoms with Crippen LogP contribution in [0.2, 0.25) is 0 Å². The van der Waals surface area contributed by atoms with Crippen molar-refractivity contribution in [1.82, 2.24) is 9.21 Å². The third kappa shape index (κ3) is 3.88. The van der Waals surface area contributed by atoms with Crippen LogP contribution in [0.5, 0.6) is 5.75 Å². The first kappa shape index (κ1) is 22.9. The van der Waals surface area contributed by atoms with E-state index in [2.05, 4.69) is 0 Å². The number of piperidine rings is 1. The highest BCUT2D eigenvalue weighted by molar-refractivity contribution is 7.89. The number of para-hydroxylation sites is 1.